The lowest BCUT2D eigenvalue weighted by atomic mass is 10.2. The maximum absolute atomic E-state index is 13.4. The molecule has 0 atom stereocenters. The van der Waals surface area contributed by atoms with Crippen LogP contribution in [0.5, 0.6) is 11.5 Å². The van der Waals surface area contributed by atoms with Crippen molar-refractivity contribution in [3.8, 4) is 11.5 Å². The quantitative estimate of drug-likeness (QED) is 0.804. The summed E-state index contributed by atoms with van der Waals surface area (Å²) in [5.74, 6) is 0.294. The van der Waals surface area contributed by atoms with Crippen LogP contribution in [0.4, 0.5) is 4.39 Å². The molecule has 88 valence electrons. The van der Waals surface area contributed by atoms with Gasteiger partial charge in [0.2, 0.25) is 0 Å². The lowest BCUT2D eigenvalue weighted by molar-refractivity contribution is 0.302. The predicted molar refractivity (Wildman–Crippen MR) is 63.7 cm³/mol. The molecule has 3 heteroatoms. The molecule has 0 saturated carbocycles. The van der Waals surface area contributed by atoms with Crippen molar-refractivity contribution in [3.05, 3.63) is 59.9 Å². The Kier molecular flexibility index (Phi) is 3.60. The first-order valence-electron chi connectivity index (χ1n) is 5.30. The molecule has 0 N–H and O–H groups in total. The fourth-order valence-corrected chi connectivity index (χ4v) is 1.48. The van der Waals surface area contributed by atoms with E-state index in [2.05, 4.69) is 0 Å². The lowest BCUT2D eigenvalue weighted by Crippen LogP contribution is -1.96. The van der Waals surface area contributed by atoms with Gasteiger partial charge in [0.1, 0.15) is 12.4 Å². The number of hydrogen-bond donors (Lipinski definition) is 0. The average molecular weight is 232 g/mol. The van der Waals surface area contributed by atoms with Crippen LogP contribution in [0, 0.1) is 5.82 Å². The van der Waals surface area contributed by atoms with Crippen LogP contribution in [0.25, 0.3) is 0 Å². The van der Waals surface area contributed by atoms with E-state index in [4.69, 9.17) is 9.47 Å². The number of rotatable bonds is 4. The van der Waals surface area contributed by atoms with Gasteiger partial charge in [-0.3, -0.25) is 0 Å². The number of halogens is 1. The summed E-state index contributed by atoms with van der Waals surface area (Å²) in [7, 11) is 1.43. The number of hydrogen-bond acceptors (Lipinski definition) is 2. The van der Waals surface area contributed by atoms with Gasteiger partial charge >= 0.3 is 0 Å². The summed E-state index contributed by atoms with van der Waals surface area (Å²) >= 11 is 0. The summed E-state index contributed by atoms with van der Waals surface area (Å²) in [4.78, 5) is 0. The fourth-order valence-electron chi connectivity index (χ4n) is 1.48. The average Bonchev–Trinajstić information content (AvgIpc) is 2.38. The number of methoxy groups -OCH3 is 1. The molecule has 0 spiro atoms. The Bertz CT molecular complexity index is 483. The van der Waals surface area contributed by atoms with Crippen LogP contribution in [0.15, 0.2) is 48.5 Å². The Morgan fingerprint density at radius 3 is 2.47 bits per heavy atom. The Morgan fingerprint density at radius 1 is 1.06 bits per heavy atom. The maximum atomic E-state index is 13.4. The van der Waals surface area contributed by atoms with Crippen LogP contribution in [-0.2, 0) is 6.61 Å². The second-order valence-electron chi connectivity index (χ2n) is 3.57. The molecule has 2 aromatic carbocycles. The minimum atomic E-state index is -0.418. The Balaban J connectivity index is 2.02. The molecule has 0 heterocycles. The zero-order valence-electron chi connectivity index (χ0n) is 9.52. The Hall–Kier alpha value is -2.03. The molecule has 2 aromatic rings. The molecule has 2 rings (SSSR count). The minimum absolute atomic E-state index is 0.220. The largest absolute Gasteiger partial charge is 0.494 e. The fraction of sp³-hybridized carbons (Fsp3) is 0.143. The zero-order valence-corrected chi connectivity index (χ0v) is 9.52. The van der Waals surface area contributed by atoms with Crippen molar-refractivity contribution in [1.29, 1.82) is 0 Å². The highest BCUT2D eigenvalue weighted by Gasteiger charge is 2.04. The van der Waals surface area contributed by atoms with Gasteiger partial charge in [0, 0.05) is 6.07 Å². The Labute approximate surface area is 99.6 Å². The summed E-state index contributed by atoms with van der Waals surface area (Å²) in [5, 5.41) is 0. The molecule has 0 unspecified atom stereocenters. The first kappa shape index (κ1) is 11.5. The minimum Gasteiger partial charge on any atom is -0.494 e. The molecule has 0 aromatic heterocycles. The molecule has 0 amide bonds. The van der Waals surface area contributed by atoms with E-state index >= 15 is 0 Å². The molecule has 2 nitrogen and oxygen atoms in total. The van der Waals surface area contributed by atoms with E-state index in [1.807, 2.05) is 30.3 Å². The Morgan fingerprint density at radius 2 is 1.82 bits per heavy atom. The van der Waals surface area contributed by atoms with Gasteiger partial charge in [-0.25, -0.2) is 4.39 Å². The molecule has 0 fully saturated rings. The third-order valence-electron chi connectivity index (χ3n) is 2.37. The molecule has 0 aliphatic carbocycles. The van der Waals surface area contributed by atoms with Crippen LogP contribution >= 0.6 is 0 Å². The SMILES string of the molecule is COc1ccc(OCc2ccccc2)cc1F. The van der Waals surface area contributed by atoms with Gasteiger partial charge in [-0.05, 0) is 17.7 Å². The zero-order chi connectivity index (χ0) is 12.1. The van der Waals surface area contributed by atoms with Crippen LogP contribution < -0.4 is 9.47 Å². The third kappa shape index (κ3) is 2.97. The highest BCUT2D eigenvalue weighted by molar-refractivity contribution is 5.33. The molecule has 0 bridgehead atoms. The summed E-state index contributed by atoms with van der Waals surface area (Å²) in [6, 6.07) is 14.3. The van der Waals surface area contributed by atoms with Crippen molar-refractivity contribution in [3.63, 3.8) is 0 Å². The second-order valence-corrected chi connectivity index (χ2v) is 3.57. The lowest BCUT2D eigenvalue weighted by Gasteiger charge is -2.07. The third-order valence-corrected chi connectivity index (χ3v) is 2.37. The highest BCUT2D eigenvalue weighted by Crippen LogP contribution is 2.22. The normalized spacial score (nSPS) is 10.0. The molecule has 0 aliphatic heterocycles. The van der Waals surface area contributed by atoms with E-state index in [9.17, 15) is 4.39 Å². The van der Waals surface area contributed by atoms with Gasteiger partial charge in [0.25, 0.3) is 0 Å². The first-order chi connectivity index (χ1) is 8.29. The van der Waals surface area contributed by atoms with Crippen molar-refractivity contribution in [2.24, 2.45) is 0 Å². The number of ether oxygens (including phenoxy) is 2. The first-order valence-corrected chi connectivity index (χ1v) is 5.30. The van der Waals surface area contributed by atoms with E-state index in [1.54, 1.807) is 12.1 Å². The van der Waals surface area contributed by atoms with Crippen LogP contribution in [0.3, 0.4) is 0 Å². The molecule has 0 saturated heterocycles. The molecule has 0 aliphatic rings. The van der Waals surface area contributed by atoms with Crippen LogP contribution in [0.2, 0.25) is 0 Å². The van der Waals surface area contributed by atoms with E-state index < -0.39 is 5.82 Å². The van der Waals surface area contributed by atoms with Crippen molar-refractivity contribution in [1.82, 2.24) is 0 Å². The summed E-state index contributed by atoms with van der Waals surface area (Å²) in [5.41, 5.74) is 1.05. The monoisotopic (exact) mass is 232 g/mol. The van der Waals surface area contributed by atoms with Gasteiger partial charge in [0.15, 0.2) is 11.6 Å². The van der Waals surface area contributed by atoms with Crippen molar-refractivity contribution < 1.29 is 13.9 Å². The van der Waals surface area contributed by atoms with Crippen LogP contribution in [-0.4, -0.2) is 7.11 Å². The van der Waals surface area contributed by atoms with Gasteiger partial charge in [0.05, 0.1) is 7.11 Å². The highest BCUT2D eigenvalue weighted by atomic mass is 19.1. The van der Waals surface area contributed by atoms with Gasteiger partial charge in [-0.2, -0.15) is 0 Å². The van der Waals surface area contributed by atoms with Gasteiger partial charge in [-0.1, -0.05) is 30.3 Å². The topological polar surface area (TPSA) is 18.5 Å². The van der Waals surface area contributed by atoms with Crippen molar-refractivity contribution >= 4 is 0 Å². The summed E-state index contributed by atoms with van der Waals surface area (Å²) in [6.45, 7) is 0.423. The second kappa shape index (κ2) is 5.34. The van der Waals surface area contributed by atoms with E-state index in [0.717, 1.165) is 5.56 Å². The number of benzene rings is 2. The predicted octanol–water partition coefficient (Wildman–Crippen LogP) is 3.41. The molecule has 17 heavy (non-hydrogen) atoms. The molecule has 0 radical (unpaired) electrons. The van der Waals surface area contributed by atoms with Gasteiger partial charge in [-0.15, -0.1) is 0 Å². The van der Waals surface area contributed by atoms with E-state index in [1.165, 1.54) is 13.2 Å². The van der Waals surface area contributed by atoms with E-state index in [0.29, 0.717) is 12.4 Å². The van der Waals surface area contributed by atoms with Crippen LogP contribution in [0.1, 0.15) is 5.56 Å². The van der Waals surface area contributed by atoms with Crippen molar-refractivity contribution in [2.45, 2.75) is 6.61 Å². The van der Waals surface area contributed by atoms with Gasteiger partial charge < -0.3 is 9.47 Å². The van der Waals surface area contributed by atoms with E-state index in [-0.39, 0.29) is 5.75 Å². The summed E-state index contributed by atoms with van der Waals surface area (Å²) in [6.07, 6.45) is 0. The molecular weight excluding hydrogens is 219 g/mol. The standard InChI is InChI=1S/C14H13FO2/c1-16-14-8-7-12(9-13(14)15)17-10-11-5-3-2-4-6-11/h2-9H,10H2,1H3. The smallest absolute Gasteiger partial charge is 0.168 e. The van der Waals surface area contributed by atoms with Crippen molar-refractivity contribution in [2.75, 3.05) is 7.11 Å². The maximum Gasteiger partial charge on any atom is 0.168 e. The summed E-state index contributed by atoms with van der Waals surface area (Å²) < 4.78 is 23.7. The molecular formula is C14H13FO2.